The first-order valence-electron chi connectivity index (χ1n) is 5.91. The van der Waals surface area contributed by atoms with Gasteiger partial charge in [-0.25, -0.2) is 0 Å². The molecule has 0 aliphatic rings. The number of methoxy groups -OCH3 is 1. The highest BCUT2D eigenvalue weighted by atomic mass is 32.2. The first-order chi connectivity index (χ1) is 9.66. The van der Waals surface area contributed by atoms with E-state index in [0.29, 0.717) is 0 Å². The third-order valence-electron chi connectivity index (χ3n) is 2.69. The molecule has 0 amide bonds. The van der Waals surface area contributed by atoms with Gasteiger partial charge in [0, 0.05) is 12.7 Å². The third kappa shape index (κ3) is 4.90. The van der Waals surface area contributed by atoms with Crippen molar-refractivity contribution in [3.8, 4) is 5.75 Å². The fourth-order valence-corrected chi connectivity index (χ4v) is 2.23. The van der Waals surface area contributed by atoms with E-state index in [4.69, 9.17) is 0 Å². The summed E-state index contributed by atoms with van der Waals surface area (Å²) in [6.45, 7) is 1.29. The number of aliphatic hydroxyl groups excluding tert-OH is 2. The monoisotopic (exact) mass is 324 g/mol. The Kier molecular flexibility index (Phi) is 6.06. The molecule has 2 atom stereocenters. The Morgan fingerprint density at radius 2 is 2.00 bits per heavy atom. The Morgan fingerprint density at radius 1 is 1.38 bits per heavy atom. The molecule has 0 bridgehead atoms. The summed E-state index contributed by atoms with van der Waals surface area (Å²) in [5.41, 5.74) is -1.13. The van der Waals surface area contributed by atoms with Crippen LogP contribution in [0.5, 0.6) is 5.75 Å². The topological polar surface area (TPSA) is 66.8 Å². The van der Waals surface area contributed by atoms with Gasteiger partial charge >= 0.3 is 6.18 Å². The van der Waals surface area contributed by atoms with Gasteiger partial charge in [0.1, 0.15) is 11.9 Å². The molecule has 0 saturated heterocycles. The van der Waals surface area contributed by atoms with Gasteiger partial charge in [-0.1, -0.05) is 17.8 Å². The van der Waals surface area contributed by atoms with Crippen molar-refractivity contribution in [2.24, 2.45) is 0 Å². The highest BCUT2D eigenvalue weighted by Crippen LogP contribution is 2.38. The van der Waals surface area contributed by atoms with Crippen LogP contribution in [0.4, 0.5) is 13.2 Å². The van der Waals surface area contributed by atoms with Crippen molar-refractivity contribution >= 4 is 16.9 Å². The van der Waals surface area contributed by atoms with Gasteiger partial charge in [0.05, 0.1) is 18.8 Å². The first-order valence-corrected chi connectivity index (χ1v) is 6.90. The molecular weight excluding hydrogens is 309 g/mol. The Labute approximate surface area is 123 Å². The molecule has 0 spiro atoms. The summed E-state index contributed by atoms with van der Waals surface area (Å²) < 4.78 is 43.2. The molecular formula is C13H15F3O4S. The number of hydrogen-bond donors (Lipinski definition) is 2. The minimum absolute atomic E-state index is 0.0974. The summed E-state index contributed by atoms with van der Waals surface area (Å²) in [4.78, 5) is 10.8. The average Bonchev–Trinajstić information content (AvgIpc) is 2.42. The molecule has 1 rings (SSSR count). The predicted octanol–water partition coefficient (Wildman–Crippen LogP) is 2.39. The number of hydrogen-bond acceptors (Lipinski definition) is 5. The number of thioether (sulfide) groups is 1. The van der Waals surface area contributed by atoms with Gasteiger partial charge in [0.2, 0.25) is 0 Å². The fraction of sp³-hybridized carbons (Fsp3) is 0.462. The van der Waals surface area contributed by atoms with Crippen LogP contribution in [-0.2, 0) is 11.0 Å². The average molecular weight is 324 g/mol. The Morgan fingerprint density at radius 3 is 2.48 bits per heavy atom. The maximum absolute atomic E-state index is 12.9. The largest absolute Gasteiger partial charge is 0.496 e. The number of carbonyl (C=O) groups excluding carboxylic acids is 1. The van der Waals surface area contributed by atoms with Crippen LogP contribution in [0.25, 0.3) is 0 Å². The maximum Gasteiger partial charge on any atom is 0.419 e. The quantitative estimate of drug-likeness (QED) is 0.870. The lowest BCUT2D eigenvalue weighted by molar-refractivity contribution is -0.138. The lowest BCUT2D eigenvalue weighted by Crippen LogP contribution is -2.22. The van der Waals surface area contributed by atoms with E-state index in [0.717, 1.165) is 31.0 Å². The van der Waals surface area contributed by atoms with Crippen LogP contribution < -0.4 is 4.74 Å². The zero-order valence-electron chi connectivity index (χ0n) is 11.3. The molecule has 0 fully saturated rings. The van der Waals surface area contributed by atoms with E-state index >= 15 is 0 Å². The normalized spacial score (nSPS) is 14.6. The minimum Gasteiger partial charge on any atom is -0.496 e. The van der Waals surface area contributed by atoms with Crippen LogP contribution in [0.2, 0.25) is 0 Å². The van der Waals surface area contributed by atoms with E-state index < -0.39 is 23.9 Å². The summed E-state index contributed by atoms with van der Waals surface area (Å²) in [5, 5.41) is 19.3. The summed E-state index contributed by atoms with van der Waals surface area (Å²) in [6.07, 6.45) is -7.52. The molecule has 0 aliphatic heterocycles. The second-order valence-corrected chi connectivity index (χ2v) is 5.47. The second-order valence-electron chi connectivity index (χ2n) is 4.27. The van der Waals surface area contributed by atoms with E-state index in [9.17, 15) is 28.2 Å². The van der Waals surface area contributed by atoms with E-state index in [1.807, 2.05) is 0 Å². The molecule has 0 saturated carbocycles. The number of alkyl halides is 3. The van der Waals surface area contributed by atoms with Crippen molar-refractivity contribution < 1.29 is 32.9 Å². The minimum atomic E-state index is -4.64. The second kappa shape index (κ2) is 7.15. The zero-order valence-corrected chi connectivity index (χ0v) is 12.2. The van der Waals surface area contributed by atoms with Crippen molar-refractivity contribution in [3.05, 3.63) is 29.3 Å². The van der Waals surface area contributed by atoms with Gasteiger partial charge in [0.15, 0.2) is 5.12 Å². The number of halogens is 3. The number of carbonyl (C=O) groups is 1. The first kappa shape index (κ1) is 17.8. The lowest BCUT2D eigenvalue weighted by atomic mass is 10.0. The van der Waals surface area contributed by atoms with Crippen molar-refractivity contribution in [1.29, 1.82) is 0 Å². The Hall–Kier alpha value is -1.25. The van der Waals surface area contributed by atoms with E-state index in [1.54, 1.807) is 0 Å². The predicted molar refractivity (Wildman–Crippen MR) is 72.1 cm³/mol. The van der Waals surface area contributed by atoms with Crippen LogP contribution in [0.1, 0.15) is 24.2 Å². The zero-order chi connectivity index (χ0) is 16.2. The van der Waals surface area contributed by atoms with Gasteiger partial charge in [-0.3, -0.25) is 4.79 Å². The van der Waals surface area contributed by atoms with Crippen LogP contribution in [0, 0.1) is 0 Å². The van der Waals surface area contributed by atoms with Crippen molar-refractivity contribution in [2.75, 3.05) is 12.9 Å². The molecule has 0 aromatic heterocycles. The maximum atomic E-state index is 12.9. The van der Waals surface area contributed by atoms with Gasteiger partial charge in [-0.2, -0.15) is 13.2 Å². The lowest BCUT2D eigenvalue weighted by Gasteiger charge is -2.20. The number of rotatable bonds is 5. The summed E-state index contributed by atoms with van der Waals surface area (Å²) in [7, 11) is 1.11. The molecule has 0 aliphatic carbocycles. The molecule has 1 aromatic carbocycles. The molecule has 0 radical (unpaired) electrons. The van der Waals surface area contributed by atoms with Gasteiger partial charge in [-0.15, -0.1) is 0 Å². The van der Waals surface area contributed by atoms with E-state index in [2.05, 4.69) is 4.74 Å². The fourth-order valence-electron chi connectivity index (χ4n) is 1.65. The van der Waals surface area contributed by atoms with Gasteiger partial charge < -0.3 is 14.9 Å². The summed E-state index contributed by atoms with van der Waals surface area (Å²) in [5.74, 6) is -0.477. The Balaban J connectivity index is 3.00. The number of aliphatic hydroxyl groups is 2. The highest BCUT2D eigenvalue weighted by molar-refractivity contribution is 8.13. The smallest absolute Gasteiger partial charge is 0.419 e. The highest BCUT2D eigenvalue weighted by Gasteiger charge is 2.35. The SMILES string of the molecule is COc1ccc(C(O)C(O)CSC(C)=O)cc1C(F)(F)F. The molecule has 4 nitrogen and oxygen atoms in total. The Bertz CT molecular complexity index is 505. The van der Waals surface area contributed by atoms with E-state index in [-0.39, 0.29) is 22.2 Å². The van der Waals surface area contributed by atoms with Crippen LogP contribution >= 0.6 is 11.8 Å². The molecule has 8 heteroatoms. The van der Waals surface area contributed by atoms with Crippen molar-refractivity contribution in [1.82, 2.24) is 0 Å². The van der Waals surface area contributed by atoms with Crippen molar-refractivity contribution in [2.45, 2.75) is 25.3 Å². The van der Waals surface area contributed by atoms with Crippen LogP contribution in [-0.4, -0.2) is 34.3 Å². The van der Waals surface area contributed by atoms with Gasteiger partial charge in [-0.05, 0) is 17.7 Å². The van der Waals surface area contributed by atoms with Crippen LogP contribution in [0.3, 0.4) is 0 Å². The molecule has 0 heterocycles. The number of benzene rings is 1. The van der Waals surface area contributed by atoms with Gasteiger partial charge in [0.25, 0.3) is 0 Å². The number of ether oxygens (including phenoxy) is 1. The van der Waals surface area contributed by atoms with Crippen LogP contribution in [0.15, 0.2) is 18.2 Å². The third-order valence-corrected chi connectivity index (χ3v) is 3.61. The molecule has 1 aromatic rings. The molecule has 21 heavy (non-hydrogen) atoms. The van der Waals surface area contributed by atoms with E-state index in [1.165, 1.54) is 13.0 Å². The standard InChI is InChI=1S/C13H15F3O4S/c1-7(17)21-6-10(18)12(19)8-3-4-11(20-2)9(5-8)13(14,15)16/h3-5,10,12,18-19H,6H2,1-2H3. The molecule has 2 unspecified atom stereocenters. The molecule has 2 N–H and O–H groups in total. The summed E-state index contributed by atoms with van der Waals surface area (Å²) in [6, 6.07) is 3.04. The van der Waals surface area contributed by atoms with Crippen molar-refractivity contribution in [3.63, 3.8) is 0 Å². The molecule has 118 valence electrons. The summed E-state index contributed by atoms with van der Waals surface area (Å²) >= 11 is 0.784.